The number of rotatable bonds is 6. The first-order valence-electron chi connectivity index (χ1n) is 11.7. The summed E-state index contributed by atoms with van der Waals surface area (Å²) < 4.78 is 6.71. The lowest BCUT2D eigenvalue weighted by Gasteiger charge is -2.35. The van der Waals surface area contributed by atoms with Crippen molar-refractivity contribution < 1.29 is 14.3 Å². The van der Waals surface area contributed by atoms with Crippen LogP contribution in [0.4, 0.5) is 11.5 Å². The second-order valence-electron chi connectivity index (χ2n) is 9.17. The van der Waals surface area contributed by atoms with Gasteiger partial charge in [-0.25, -0.2) is 9.97 Å². The fraction of sp³-hybridized carbons (Fsp3) is 0.458. The average Bonchev–Trinajstić information content (AvgIpc) is 3.40. The Balaban J connectivity index is 1.53. The summed E-state index contributed by atoms with van der Waals surface area (Å²) in [6.45, 7) is 2.75. The molecule has 1 spiro atoms. The van der Waals surface area contributed by atoms with E-state index in [1.165, 1.54) is 17.7 Å². The fourth-order valence-corrected chi connectivity index (χ4v) is 6.03. The summed E-state index contributed by atoms with van der Waals surface area (Å²) in [4.78, 5) is 50.7. The second kappa shape index (κ2) is 9.04. The van der Waals surface area contributed by atoms with E-state index in [9.17, 15) is 14.4 Å². The number of carbonyl (C=O) groups excluding carboxylic acids is 2. The van der Waals surface area contributed by atoms with Crippen LogP contribution in [0.15, 0.2) is 23.3 Å². The van der Waals surface area contributed by atoms with E-state index in [0.717, 1.165) is 37.7 Å². The molecule has 10 nitrogen and oxygen atoms in total. The molecule has 2 N–H and O–H groups in total. The molecular formula is C24H28N6O4S. The summed E-state index contributed by atoms with van der Waals surface area (Å²) in [5.74, 6) is 0.112. The van der Waals surface area contributed by atoms with Crippen molar-refractivity contribution in [3.05, 3.63) is 44.9 Å². The SMILES string of the molecule is COCCN(C)C(=O)c1cc2c(Nc3cc(C)c4n(c3=O)C3(CCCCC3)NC4=O)ncnc2s1. The maximum absolute atomic E-state index is 13.7. The molecule has 1 aliphatic carbocycles. The van der Waals surface area contributed by atoms with Gasteiger partial charge in [-0.05, 0) is 50.3 Å². The van der Waals surface area contributed by atoms with Crippen LogP contribution < -0.4 is 16.2 Å². The predicted molar refractivity (Wildman–Crippen MR) is 133 cm³/mol. The first kappa shape index (κ1) is 23.4. The molecule has 11 heteroatoms. The number of carbonyl (C=O) groups is 2. The Hall–Kier alpha value is -3.31. The molecule has 3 aromatic heterocycles. The summed E-state index contributed by atoms with van der Waals surface area (Å²) in [7, 11) is 3.32. The van der Waals surface area contributed by atoms with Crippen molar-refractivity contribution in [2.45, 2.75) is 44.7 Å². The van der Waals surface area contributed by atoms with Gasteiger partial charge in [-0.15, -0.1) is 11.3 Å². The van der Waals surface area contributed by atoms with E-state index in [1.54, 1.807) is 35.8 Å². The van der Waals surface area contributed by atoms with Crippen LogP contribution >= 0.6 is 11.3 Å². The van der Waals surface area contributed by atoms with Crippen molar-refractivity contribution >= 4 is 44.9 Å². The largest absolute Gasteiger partial charge is 0.383 e. The fourth-order valence-electron chi connectivity index (χ4n) is 5.04. The van der Waals surface area contributed by atoms with Gasteiger partial charge < -0.3 is 20.3 Å². The summed E-state index contributed by atoms with van der Waals surface area (Å²) in [5.41, 5.74) is 0.559. The molecular weight excluding hydrogens is 468 g/mol. The number of ether oxygens (including phenoxy) is 1. The number of hydrogen-bond acceptors (Lipinski definition) is 8. The van der Waals surface area contributed by atoms with Crippen molar-refractivity contribution in [1.29, 1.82) is 0 Å². The summed E-state index contributed by atoms with van der Waals surface area (Å²) in [5, 5.41) is 6.93. The van der Waals surface area contributed by atoms with Crippen LogP contribution in [-0.4, -0.2) is 58.6 Å². The van der Waals surface area contributed by atoms with Crippen LogP contribution in [0, 0.1) is 6.92 Å². The Morgan fingerprint density at radius 2 is 2.03 bits per heavy atom. The van der Waals surface area contributed by atoms with Crippen LogP contribution in [0.5, 0.6) is 0 Å². The topological polar surface area (TPSA) is 118 Å². The number of amides is 2. The predicted octanol–water partition coefficient (Wildman–Crippen LogP) is 2.98. The number of likely N-dealkylation sites (N-methyl/N-ethyl adjacent to an activating group) is 1. The van der Waals surface area contributed by atoms with E-state index in [0.29, 0.717) is 45.4 Å². The normalized spacial score (nSPS) is 16.4. The summed E-state index contributed by atoms with van der Waals surface area (Å²) in [6, 6.07) is 3.44. The number of fused-ring (bicyclic) bond motifs is 3. The molecule has 0 saturated heterocycles. The molecule has 1 aliphatic heterocycles. The number of anilines is 2. The van der Waals surface area contributed by atoms with Gasteiger partial charge in [0.1, 0.15) is 34.0 Å². The second-order valence-corrected chi connectivity index (χ2v) is 10.2. The third-order valence-electron chi connectivity index (χ3n) is 6.83. The number of pyridine rings is 1. The highest BCUT2D eigenvalue weighted by atomic mass is 32.1. The van der Waals surface area contributed by atoms with Crippen molar-refractivity contribution in [2.24, 2.45) is 0 Å². The van der Waals surface area contributed by atoms with Gasteiger partial charge in [-0.1, -0.05) is 6.42 Å². The van der Waals surface area contributed by atoms with Gasteiger partial charge >= 0.3 is 0 Å². The van der Waals surface area contributed by atoms with Gasteiger partial charge in [0.15, 0.2) is 0 Å². The lowest BCUT2D eigenvalue weighted by atomic mass is 9.89. The molecule has 35 heavy (non-hydrogen) atoms. The van der Waals surface area contributed by atoms with E-state index < -0.39 is 5.66 Å². The van der Waals surface area contributed by atoms with Crippen LogP contribution in [-0.2, 0) is 10.4 Å². The molecule has 0 bridgehead atoms. The first-order chi connectivity index (χ1) is 16.8. The Bertz CT molecular complexity index is 1370. The van der Waals surface area contributed by atoms with Crippen molar-refractivity contribution in [3.63, 3.8) is 0 Å². The van der Waals surface area contributed by atoms with E-state index in [1.807, 2.05) is 6.92 Å². The van der Waals surface area contributed by atoms with Crippen LogP contribution in [0.1, 0.15) is 57.8 Å². The number of aryl methyl sites for hydroxylation is 1. The van der Waals surface area contributed by atoms with Gasteiger partial charge in [0.25, 0.3) is 17.4 Å². The zero-order valence-electron chi connectivity index (χ0n) is 20.0. The molecule has 184 valence electrons. The van der Waals surface area contributed by atoms with E-state index in [4.69, 9.17) is 4.74 Å². The van der Waals surface area contributed by atoms with Crippen molar-refractivity contribution in [1.82, 2.24) is 24.8 Å². The summed E-state index contributed by atoms with van der Waals surface area (Å²) >= 11 is 1.28. The summed E-state index contributed by atoms with van der Waals surface area (Å²) in [6.07, 6.45) is 5.89. The first-order valence-corrected chi connectivity index (χ1v) is 12.5. The van der Waals surface area contributed by atoms with Gasteiger partial charge in [0.2, 0.25) is 0 Å². The van der Waals surface area contributed by atoms with E-state index >= 15 is 0 Å². The molecule has 0 unspecified atom stereocenters. The van der Waals surface area contributed by atoms with Crippen LogP contribution in [0.3, 0.4) is 0 Å². The van der Waals surface area contributed by atoms with Gasteiger partial charge in [0.05, 0.1) is 16.9 Å². The van der Waals surface area contributed by atoms with Gasteiger partial charge in [-0.2, -0.15) is 0 Å². The number of nitrogens with one attached hydrogen (secondary N) is 2. The third-order valence-corrected chi connectivity index (χ3v) is 7.86. The number of thiophene rings is 1. The lowest BCUT2D eigenvalue weighted by Crippen LogP contribution is -2.48. The molecule has 1 saturated carbocycles. The Kier molecular flexibility index (Phi) is 6.06. The van der Waals surface area contributed by atoms with E-state index in [2.05, 4.69) is 20.6 Å². The third kappa shape index (κ3) is 3.98. The maximum atomic E-state index is 13.7. The molecule has 2 amide bonds. The van der Waals surface area contributed by atoms with E-state index in [-0.39, 0.29) is 17.4 Å². The highest BCUT2D eigenvalue weighted by Gasteiger charge is 2.45. The molecule has 2 aliphatic rings. The maximum Gasteiger partial charge on any atom is 0.276 e. The standard InChI is InChI=1S/C24H28N6O4S/c1-14-11-16(22(32)30-18(14)20(31)28-24(30)7-5-4-6-8-24)27-19-15-12-17(35-21(15)26-13-25-19)23(33)29(2)9-10-34-3/h11-13H,4-10H2,1-3H3,(H,28,31)(H,25,26,27). The number of nitrogens with zero attached hydrogens (tertiary/aromatic N) is 4. The monoisotopic (exact) mass is 496 g/mol. The molecule has 0 radical (unpaired) electrons. The van der Waals surface area contributed by atoms with Crippen molar-refractivity contribution in [3.8, 4) is 0 Å². The minimum Gasteiger partial charge on any atom is -0.383 e. The molecule has 4 heterocycles. The highest BCUT2D eigenvalue weighted by molar-refractivity contribution is 7.20. The Morgan fingerprint density at radius 3 is 2.77 bits per heavy atom. The average molecular weight is 497 g/mol. The minimum absolute atomic E-state index is 0.131. The van der Waals surface area contributed by atoms with Crippen LogP contribution in [0.2, 0.25) is 0 Å². The van der Waals surface area contributed by atoms with Gasteiger partial charge in [0, 0.05) is 20.7 Å². The number of aromatic nitrogens is 3. The molecule has 1 fully saturated rings. The number of methoxy groups -OCH3 is 1. The quantitative estimate of drug-likeness (QED) is 0.539. The zero-order chi connectivity index (χ0) is 24.7. The smallest absolute Gasteiger partial charge is 0.276 e. The van der Waals surface area contributed by atoms with Crippen LogP contribution in [0.25, 0.3) is 10.2 Å². The Labute approximate surface area is 206 Å². The highest BCUT2D eigenvalue weighted by Crippen LogP contribution is 2.38. The molecule has 3 aromatic rings. The van der Waals surface area contributed by atoms with Gasteiger partial charge in [-0.3, -0.25) is 19.0 Å². The van der Waals surface area contributed by atoms with Crippen molar-refractivity contribution in [2.75, 3.05) is 32.6 Å². The molecule has 0 atom stereocenters. The molecule has 5 rings (SSSR count). The lowest BCUT2D eigenvalue weighted by molar-refractivity contribution is 0.0748. The molecule has 0 aromatic carbocycles. The minimum atomic E-state index is -0.667. The number of hydrogen-bond donors (Lipinski definition) is 2. The zero-order valence-corrected chi connectivity index (χ0v) is 20.8. The Morgan fingerprint density at radius 1 is 1.26 bits per heavy atom.